The van der Waals surface area contributed by atoms with Crippen LogP contribution in [0.5, 0.6) is 0 Å². The second-order valence-electron chi connectivity index (χ2n) is 7.53. The van der Waals surface area contributed by atoms with Crippen molar-refractivity contribution in [1.82, 2.24) is 10.2 Å². The summed E-state index contributed by atoms with van der Waals surface area (Å²) < 4.78 is 40.7. The molecule has 1 heterocycles. The quantitative estimate of drug-likeness (QED) is 0.366. The number of β-lactam (4-membered cyclic amide) rings is 1. The van der Waals surface area contributed by atoms with E-state index in [1.165, 1.54) is 6.20 Å². The number of carboxylic acid groups (broad SMARTS) is 1. The number of carbonyl (C=O) groups excluding carboxylic acids is 2. The van der Waals surface area contributed by atoms with E-state index >= 15 is 0 Å². The molecule has 3 amide bonds. The molecule has 0 spiro atoms. The number of carboxylic acids is 1. The average molecular weight is 429 g/mol. The molecule has 1 saturated heterocycles. The molecule has 2 fully saturated rings. The van der Waals surface area contributed by atoms with Crippen molar-refractivity contribution in [3.05, 3.63) is 23.9 Å². The maximum atomic E-state index is 13.6. The van der Waals surface area contributed by atoms with E-state index in [1.807, 2.05) is 5.32 Å². The van der Waals surface area contributed by atoms with Crippen LogP contribution in [-0.4, -0.2) is 52.9 Å². The predicted octanol–water partition coefficient (Wildman–Crippen LogP) is 3.67. The molecule has 2 rings (SSSR count). The summed E-state index contributed by atoms with van der Waals surface area (Å²) >= 11 is 0. The number of carbonyl (C=O) groups is 3. The second-order valence-corrected chi connectivity index (χ2v) is 7.53. The summed E-state index contributed by atoms with van der Waals surface area (Å²) in [7, 11) is 0. The molecule has 0 aromatic rings. The van der Waals surface area contributed by atoms with Crippen molar-refractivity contribution in [2.45, 2.75) is 63.7 Å². The first-order chi connectivity index (χ1) is 14.1. The molecule has 10 heteroatoms. The molecule has 0 unspecified atom stereocenters. The largest absolute Gasteiger partial charge is 0.480 e. The number of allylic oxidation sites excluding steroid dienone is 3. The number of aliphatic imine (C=N–C) groups is 1. The summed E-state index contributed by atoms with van der Waals surface area (Å²) in [5.74, 6) is -4.10. The van der Waals surface area contributed by atoms with Gasteiger partial charge in [0, 0.05) is 6.20 Å². The van der Waals surface area contributed by atoms with Gasteiger partial charge in [0.05, 0.1) is 5.92 Å². The first-order valence-corrected chi connectivity index (χ1v) is 9.82. The van der Waals surface area contributed by atoms with E-state index in [2.05, 4.69) is 11.7 Å². The van der Waals surface area contributed by atoms with Crippen molar-refractivity contribution in [2.75, 3.05) is 0 Å². The van der Waals surface area contributed by atoms with Gasteiger partial charge < -0.3 is 10.4 Å². The SMILES string of the molecule is C=N/C=C\C(=C/C)C[C@H]1C(=O)N(C(=O)N[C@@H](C2CCCCC2)C(F)(F)F)[C@@H]1C(=O)O. The summed E-state index contributed by atoms with van der Waals surface area (Å²) in [6, 6.07) is -4.96. The van der Waals surface area contributed by atoms with Gasteiger partial charge in [0.25, 0.3) is 0 Å². The molecule has 1 aliphatic heterocycles. The highest BCUT2D eigenvalue weighted by Gasteiger charge is 2.56. The van der Waals surface area contributed by atoms with Crippen molar-refractivity contribution < 1.29 is 32.7 Å². The van der Waals surface area contributed by atoms with E-state index in [0.29, 0.717) is 36.2 Å². The summed E-state index contributed by atoms with van der Waals surface area (Å²) in [6.45, 7) is 4.97. The van der Waals surface area contributed by atoms with Gasteiger partial charge in [0.15, 0.2) is 6.04 Å². The van der Waals surface area contributed by atoms with Crippen LogP contribution in [0.1, 0.15) is 45.4 Å². The van der Waals surface area contributed by atoms with Crippen LogP contribution in [0.2, 0.25) is 0 Å². The van der Waals surface area contributed by atoms with Gasteiger partial charge in [-0.3, -0.25) is 9.79 Å². The van der Waals surface area contributed by atoms with Gasteiger partial charge in [-0.2, -0.15) is 13.2 Å². The van der Waals surface area contributed by atoms with Gasteiger partial charge in [-0.05, 0) is 50.5 Å². The highest BCUT2D eigenvalue weighted by molar-refractivity contribution is 6.07. The fourth-order valence-corrected chi connectivity index (χ4v) is 4.08. The Morgan fingerprint density at radius 2 is 1.97 bits per heavy atom. The number of hydrogen-bond donors (Lipinski definition) is 2. The zero-order valence-electron chi connectivity index (χ0n) is 16.7. The average Bonchev–Trinajstić information content (AvgIpc) is 2.69. The molecule has 2 N–H and O–H groups in total. The van der Waals surface area contributed by atoms with Crippen LogP contribution < -0.4 is 5.32 Å². The number of urea groups is 1. The van der Waals surface area contributed by atoms with Crippen LogP contribution in [0, 0.1) is 11.8 Å². The number of nitrogens with one attached hydrogen (secondary N) is 1. The van der Waals surface area contributed by atoms with E-state index in [0.717, 1.165) is 6.42 Å². The number of nitrogens with zero attached hydrogens (tertiary/aromatic N) is 2. The smallest absolute Gasteiger partial charge is 0.408 e. The minimum absolute atomic E-state index is 0.0213. The van der Waals surface area contributed by atoms with Crippen LogP contribution in [0.15, 0.2) is 28.9 Å². The van der Waals surface area contributed by atoms with E-state index in [-0.39, 0.29) is 6.42 Å². The van der Waals surface area contributed by atoms with E-state index in [4.69, 9.17) is 0 Å². The molecule has 1 aliphatic carbocycles. The van der Waals surface area contributed by atoms with Gasteiger partial charge in [0.1, 0.15) is 6.04 Å². The van der Waals surface area contributed by atoms with Gasteiger partial charge >= 0.3 is 18.2 Å². The number of rotatable bonds is 7. The Labute approximate surface area is 172 Å². The molecule has 7 nitrogen and oxygen atoms in total. The van der Waals surface area contributed by atoms with Crippen molar-refractivity contribution in [2.24, 2.45) is 16.8 Å². The number of imide groups is 1. The van der Waals surface area contributed by atoms with E-state index < -0.39 is 48.0 Å². The molecule has 0 aromatic carbocycles. The van der Waals surface area contributed by atoms with Crippen LogP contribution in [-0.2, 0) is 9.59 Å². The minimum atomic E-state index is -4.69. The Morgan fingerprint density at radius 3 is 2.47 bits per heavy atom. The third-order valence-electron chi connectivity index (χ3n) is 5.66. The number of halogens is 3. The molecular formula is C20H26F3N3O4. The molecule has 0 aromatic heterocycles. The Kier molecular flexibility index (Phi) is 7.80. The number of aliphatic carboxylic acids is 1. The van der Waals surface area contributed by atoms with Gasteiger partial charge in [-0.25, -0.2) is 14.5 Å². The molecule has 2 aliphatic rings. The van der Waals surface area contributed by atoms with Gasteiger partial charge in [-0.15, -0.1) is 0 Å². The third-order valence-corrected chi connectivity index (χ3v) is 5.66. The van der Waals surface area contributed by atoms with Crippen molar-refractivity contribution >= 4 is 24.6 Å². The van der Waals surface area contributed by atoms with Crippen LogP contribution >= 0.6 is 0 Å². The van der Waals surface area contributed by atoms with Gasteiger partial charge in [0.2, 0.25) is 5.91 Å². The predicted molar refractivity (Wildman–Crippen MR) is 104 cm³/mol. The minimum Gasteiger partial charge on any atom is -0.480 e. The molecule has 1 saturated carbocycles. The fraction of sp³-hybridized carbons (Fsp3) is 0.600. The van der Waals surface area contributed by atoms with Crippen LogP contribution in [0.25, 0.3) is 0 Å². The van der Waals surface area contributed by atoms with Gasteiger partial charge in [-0.1, -0.05) is 25.3 Å². The molecule has 3 atom stereocenters. The number of amides is 3. The molecular weight excluding hydrogens is 403 g/mol. The van der Waals surface area contributed by atoms with E-state index in [9.17, 15) is 32.7 Å². The first kappa shape index (κ1) is 23.6. The van der Waals surface area contributed by atoms with E-state index in [1.54, 1.807) is 19.1 Å². The molecule has 166 valence electrons. The monoisotopic (exact) mass is 429 g/mol. The maximum absolute atomic E-state index is 13.6. The fourth-order valence-electron chi connectivity index (χ4n) is 4.08. The Bertz CT molecular complexity index is 742. The highest BCUT2D eigenvalue weighted by atomic mass is 19.4. The Hall–Kier alpha value is -2.65. The van der Waals surface area contributed by atoms with Crippen molar-refractivity contribution in [1.29, 1.82) is 0 Å². The summed E-state index contributed by atoms with van der Waals surface area (Å²) in [6.07, 6.45) is 2.64. The lowest BCUT2D eigenvalue weighted by Gasteiger charge is -2.44. The summed E-state index contributed by atoms with van der Waals surface area (Å²) in [4.78, 5) is 40.6. The standard InChI is InChI=1S/C20H26F3N3O4/c1-3-12(9-10-24-2)11-14-15(18(28)29)26(17(14)27)19(30)25-16(20(21,22)23)13-7-5-4-6-8-13/h3,9-10,13-16H,2,4-8,11H2,1H3,(H,25,30)(H,28,29)/b10-9-,12-3+/t14-,15+,16+/m1/s1. The van der Waals surface area contributed by atoms with Crippen LogP contribution in [0.4, 0.5) is 18.0 Å². The van der Waals surface area contributed by atoms with Crippen LogP contribution in [0.3, 0.4) is 0 Å². The Morgan fingerprint density at radius 1 is 1.33 bits per heavy atom. The number of likely N-dealkylation sites (tertiary alicyclic amines) is 1. The molecule has 30 heavy (non-hydrogen) atoms. The molecule has 0 radical (unpaired) electrons. The maximum Gasteiger partial charge on any atom is 0.408 e. The number of hydrogen-bond acceptors (Lipinski definition) is 4. The topological polar surface area (TPSA) is 99.1 Å². The van der Waals surface area contributed by atoms with Crippen molar-refractivity contribution in [3.8, 4) is 0 Å². The lowest BCUT2D eigenvalue weighted by Crippen LogP contribution is -2.69. The Balaban J connectivity index is 2.15. The summed E-state index contributed by atoms with van der Waals surface area (Å²) in [5.41, 5.74) is 0.599. The zero-order valence-corrected chi connectivity index (χ0v) is 16.7. The molecule has 0 bridgehead atoms. The lowest BCUT2D eigenvalue weighted by molar-refractivity contribution is -0.172. The zero-order chi connectivity index (χ0) is 22.5. The number of alkyl halides is 3. The normalized spacial score (nSPS) is 24.5. The highest BCUT2D eigenvalue weighted by Crippen LogP contribution is 2.37. The lowest BCUT2D eigenvalue weighted by atomic mass is 9.81. The summed E-state index contributed by atoms with van der Waals surface area (Å²) in [5, 5.41) is 11.4. The van der Waals surface area contributed by atoms with Crippen molar-refractivity contribution in [3.63, 3.8) is 0 Å². The third kappa shape index (κ3) is 5.28. The first-order valence-electron chi connectivity index (χ1n) is 9.82. The second kappa shape index (κ2) is 9.90.